The summed E-state index contributed by atoms with van der Waals surface area (Å²) in [6.07, 6.45) is 11.8. The van der Waals surface area contributed by atoms with Gasteiger partial charge in [0.2, 0.25) is 7.37 Å². The third-order valence-corrected chi connectivity index (χ3v) is 6.72. The molecule has 0 aliphatic heterocycles. The summed E-state index contributed by atoms with van der Waals surface area (Å²) in [6, 6.07) is 0. The molecule has 0 aliphatic carbocycles. The van der Waals surface area contributed by atoms with Crippen LogP contribution in [0.15, 0.2) is 11.9 Å². The predicted octanol–water partition coefficient (Wildman–Crippen LogP) is 4.44. The van der Waals surface area contributed by atoms with Crippen LogP contribution in [0, 0.1) is 0 Å². The number of hydrogen-bond acceptors (Lipinski definition) is 2. The lowest BCUT2D eigenvalue weighted by atomic mass is 10.1. The van der Waals surface area contributed by atoms with E-state index < -0.39 is 20.9 Å². The first-order valence-corrected chi connectivity index (χ1v) is 11.0. The third kappa shape index (κ3) is 14.5. The molecule has 0 aromatic rings. The highest BCUT2D eigenvalue weighted by molar-refractivity contribution is 7.74. The van der Waals surface area contributed by atoms with E-state index in [0.29, 0.717) is 6.42 Å². The summed E-state index contributed by atoms with van der Waals surface area (Å²) in [5.41, 5.74) is 0. The summed E-state index contributed by atoms with van der Waals surface area (Å²) in [7, 11) is -8.26. The van der Waals surface area contributed by atoms with Gasteiger partial charge in [-0.2, -0.15) is 0 Å². The SMILES string of the molecule is CCCCCCCCCC/C=C/P(=O)(O)CP(=O)(O)O. The molecule has 3 N–H and O–H groups in total. The van der Waals surface area contributed by atoms with Gasteiger partial charge in [-0.3, -0.25) is 9.13 Å². The van der Waals surface area contributed by atoms with Crippen molar-refractivity contribution < 1.29 is 23.8 Å². The molecular formula is C13H28O5P2. The van der Waals surface area contributed by atoms with Crippen LogP contribution in [0.1, 0.15) is 64.7 Å². The summed E-state index contributed by atoms with van der Waals surface area (Å²) >= 11 is 0. The summed E-state index contributed by atoms with van der Waals surface area (Å²) in [5, 5.41) is 0. The zero-order chi connectivity index (χ0) is 15.5. The van der Waals surface area contributed by atoms with Crippen molar-refractivity contribution in [2.75, 3.05) is 5.90 Å². The van der Waals surface area contributed by atoms with Crippen LogP contribution in [-0.2, 0) is 9.13 Å². The molecule has 0 saturated heterocycles. The monoisotopic (exact) mass is 326 g/mol. The first-order chi connectivity index (χ1) is 9.27. The third-order valence-electron chi connectivity index (χ3n) is 2.95. The van der Waals surface area contributed by atoms with E-state index in [2.05, 4.69) is 6.92 Å². The summed E-state index contributed by atoms with van der Waals surface area (Å²) < 4.78 is 22.1. The molecule has 0 aromatic carbocycles. The molecule has 0 fully saturated rings. The average Bonchev–Trinajstić information content (AvgIpc) is 2.28. The lowest BCUT2D eigenvalue weighted by Crippen LogP contribution is -1.87. The van der Waals surface area contributed by atoms with Crippen molar-refractivity contribution in [3.05, 3.63) is 11.9 Å². The number of allylic oxidation sites excluding steroid dienone is 1. The van der Waals surface area contributed by atoms with Gasteiger partial charge in [-0.25, -0.2) is 0 Å². The second-order valence-corrected chi connectivity index (χ2v) is 9.48. The topological polar surface area (TPSA) is 94.8 Å². The van der Waals surface area contributed by atoms with Crippen molar-refractivity contribution in [1.82, 2.24) is 0 Å². The molecule has 5 nitrogen and oxygen atoms in total. The van der Waals surface area contributed by atoms with Crippen LogP contribution in [0.4, 0.5) is 0 Å². The minimum absolute atomic E-state index is 0.681. The van der Waals surface area contributed by atoms with E-state index >= 15 is 0 Å². The summed E-state index contributed by atoms with van der Waals surface area (Å²) in [6.45, 7) is 2.19. The molecule has 1 atom stereocenters. The predicted molar refractivity (Wildman–Crippen MR) is 83.1 cm³/mol. The molecule has 0 rings (SSSR count). The van der Waals surface area contributed by atoms with Crippen LogP contribution in [0.3, 0.4) is 0 Å². The number of hydrogen-bond donors (Lipinski definition) is 3. The van der Waals surface area contributed by atoms with Gasteiger partial charge in [-0.1, -0.05) is 57.9 Å². The van der Waals surface area contributed by atoms with Gasteiger partial charge in [0.15, 0.2) is 0 Å². The molecule has 0 spiro atoms. The molecule has 0 amide bonds. The molecule has 20 heavy (non-hydrogen) atoms. The maximum absolute atomic E-state index is 11.4. The van der Waals surface area contributed by atoms with Gasteiger partial charge in [0.25, 0.3) is 0 Å². The Kier molecular flexibility index (Phi) is 10.8. The Bertz CT molecular complexity index is 362. The zero-order valence-corrected chi connectivity index (χ0v) is 14.1. The Morgan fingerprint density at radius 2 is 1.35 bits per heavy atom. The van der Waals surface area contributed by atoms with Crippen LogP contribution in [-0.4, -0.2) is 20.6 Å². The largest absolute Gasteiger partial charge is 0.341 e. The van der Waals surface area contributed by atoms with E-state index in [4.69, 9.17) is 9.79 Å². The fourth-order valence-electron chi connectivity index (χ4n) is 1.95. The fraction of sp³-hybridized carbons (Fsp3) is 0.846. The zero-order valence-electron chi connectivity index (χ0n) is 12.3. The lowest BCUT2D eigenvalue weighted by Gasteiger charge is -2.07. The highest BCUT2D eigenvalue weighted by atomic mass is 31.2. The second-order valence-electron chi connectivity index (χ2n) is 5.21. The molecule has 0 bridgehead atoms. The fourth-order valence-corrected chi connectivity index (χ4v) is 4.91. The minimum Gasteiger partial charge on any atom is -0.341 e. The van der Waals surface area contributed by atoms with Crippen molar-refractivity contribution in [2.24, 2.45) is 0 Å². The Morgan fingerprint density at radius 1 is 0.850 bits per heavy atom. The van der Waals surface area contributed by atoms with Gasteiger partial charge >= 0.3 is 7.60 Å². The molecule has 0 aliphatic rings. The van der Waals surface area contributed by atoms with Crippen molar-refractivity contribution in [3.63, 3.8) is 0 Å². The molecular weight excluding hydrogens is 298 g/mol. The van der Waals surface area contributed by atoms with Crippen LogP contribution in [0.5, 0.6) is 0 Å². The van der Waals surface area contributed by atoms with Crippen molar-refractivity contribution in [1.29, 1.82) is 0 Å². The smallest absolute Gasteiger partial charge is 0.335 e. The van der Waals surface area contributed by atoms with Gasteiger partial charge < -0.3 is 14.7 Å². The Hall–Kier alpha value is 0.0800. The van der Waals surface area contributed by atoms with E-state index in [-0.39, 0.29) is 0 Å². The van der Waals surface area contributed by atoms with Gasteiger partial charge in [0.05, 0.1) is 0 Å². The molecule has 1 unspecified atom stereocenters. The van der Waals surface area contributed by atoms with Gasteiger partial charge in [-0.15, -0.1) is 0 Å². The van der Waals surface area contributed by atoms with Crippen molar-refractivity contribution in [2.45, 2.75) is 64.7 Å². The molecule has 0 radical (unpaired) electrons. The van der Waals surface area contributed by atoms with E-state index in [9.17, 15) is 14.0 Å². The molecule has 0 saturated carbocycles. The van der Waals surface area contributed by atoms with Crippen LogP contribution in [0.2, 0.25) is 0 Å². The van der Waals surface area contributed by atoms with Crippen molar-refractivity contribution in [3.8, 4) is 0 Å². The van der Waals surface area contributed by atoms with E-state index in [1.165, 1.54) is 38.5 Å². The van der Waals surface area contributed by atoms with Crippen LogP contribution in [0.25, 0.3) is 0 Å². The molecule has 0 heterocycles. The standard InChI is InChI=1S/C13H28O5P2/c1-2-3-4-5-6-7-8-9-10-11-12-19(14,15)13-20(16,17)18/h11-12H,2-10,13H2,1H3,(H,14,15)(H2,16,17,18)/b12-11+. The highest BCUT2D eigenvalue weighted by Gasteiger charge is 2.26. The second kappa shape index (κ2) is 10.8. The summed E-state index contributed by atoms with van der Waals surface area (Å²) in [5.74, 6) is 0.0985. The average molecular weight is 326 g/mol. The Morgan fingerprint density at radius 3 is 1.85 bits per heavy atom. The number of rotatable bonds is 12. The first kappa shape index (κ1) is 20.1. The Labute approximate surface area is 122 Å². The van der Waals surface area contributed by atoms with E-state index in [1.54, 1.807) is 6.08 Å². The van der Waals surface area contributed by atoms with Gasteiger partial charge in [-0.05, 0) is 18.7 Å². The van der Waals surface area contributed by atoms with Gasteiger partial charge in [0, 0.05) is 0 Å². The van der Waals surface area contributed by atoms with Gasteiger partial charge in [0.1, 0.15) is 5.90 Å². The quantitative estimate of drug-likeness (QED) is 0.364. The van der Waals surface area contributed by atoms with E-state index in [0.717, 1.165) is 18.7 Å². The molecule has 0 aromatic heterocycles. The van der Waals surface area contributed by atoms with Crippen LogP contribution < -0.4 is 0 Å². The van der Waals surface area contributed by atoms with Crippen LogP contribution >= 0.6 is 15.0 Å². The summed E-state index contributed by atoms with van der Waals surface area (Å²) in [4.78, 5) is 26.7. The highest BCUT2D eigenvalue weighted by Crippen LogP contribution is 2.55. The molecule has 7 heteroatoms. The number of unbranched alkanes of at least 4 members (excludes halogenated alkanes) is 8. The maximum Gasteiger partial charge on any atom is 0.335 e. The normalized spacial score (nSPS) is 15.6. The van der Waals surface area contributed by atoms with Crippen molar-refractivity contribution >= 4 is 15.0 Å². The minimum atomic E-state index is -4.43. The lowest BCUT2D eigenvalue weighted by molar-refractivity contribution is 0.376. The maximum atomic E-state index is 11.4. The first-order valence-electron chi connectivity index (χ1n) is 7.30. The Balaban J connectivity index is 3.61. The van der Waals surface area contributed by atoms with E-state index in [1.807, 2.05) is 0 Å². The molecule has 120 valence electrons.